The molecule has 0 aliphatic carbocycles. The summed E-state index contributed by atoms with van der Waals surface area (Å²) in [4.78, 5) is 26.2. The van der Waals surface area contributed by atoms with Crippen LogP contribution in [0.3, 0.4) is 0 Å². The molecule has 9 heteroatoms. The molecular weight excluding hydrogens is 366 g/mol. The van der Waals surface area contributed by atoms with Gasteiger partial charge in [-0.15, -0.1) is 0 Å². The molecule has 0 spiro atoms. The van der Waals surface area contributed by atoms with E-state index in [1.165, 1.54) is 11.8 Å². The number of benzene rings is 1. The molecule has 0 bridgehead atoms. The van der Waals surface area contributed by atoms with Crippen molar-refractivity contribution in [2.45, 2.75) is 30.9 Å². The summed E-state index contributed by atoms with van der Waals surface area (Å²) in [7, 11) is 0. The molecule has 1 atom stereocenters. The standard InChI is InChI=1S/C18H25N5O3S/c1-3-26-17(25)23-11-9-14(10-12-23)19-18(27-2)20-16(24)15(21-22-18)13-7-5-4-6-8-13/h4-8,14,19,22H,3,9-12H2,1-2H3,(H,20,24)/t18-/m1/s1. The summed E-state index contributed by atoms with van der Waals surface area (Å²) in [6, 6.07) is 9.49. The van der Waals surface area contributed by atoms with Gasteiger partial charge in [0.25, 0.3) is 5.91 Å². The normalized spacial score (nSPS) is 23.3. The minimum absolute atomic E-state index is 0.143. The van der Waals surface area contributed by atoms with Crippen molar-refractivity contribution in [3.63, 3.8) is 0 Å². The van der Waals surface area contributed by atoms with Crippen LogP contribution < -0.4 is 16.1 Å². The third-order valence-corrected chi connectivity index (χ3v) is 5.54. The molecule has 146 valence electrons. The lowest BCUT2D eigenvalue weighted by atomic mass is 10.1. The Hall–Kier alpha value is -2.26. The van der Waals surface area contributed by atoms with E-state index in [-0.39, 0.29) is 18.0 Å². The topological polar surface area (TPSA) is 95.1 Å². The number of amides is 2. The van der Waals surface area contributed by atoms with Crippen molar-refractivity contribution in [2.75, 3.05) is 26.0 Å². The Kier molecular flexibility index (Phi) is 6.22. The first-order chi connectivity index (χ1) is 13.1. The van der Waals surface area contributed by atoms with Crippen molar-refractivity contribution in [3.05, 3.63) is 35.9 Å². The fourth-order valence-electron chi connectivity index (χ4n) is 3.16. The van der Waals surface area contributed by atoms with Gasteiger partial charge in [-0.2, -0.15) is 5.10 Å². The van der Waals surface area contributed by atoms with E-state index in [4.69, 9.17) is 4.74 Å². The number of hydrogen-bond donors (Lipinski definition) is 3. The highest BCUT2D eigenvalue weighted by Crippen LogP contribution is 2.21. The van der Waals surface area contributed by atoms with Crippen LogP contribution in [0.25, 0.3) is 0 Å². The molecule has 3 rings (SSSR count). The summed E-state index contributed by atoms with van der Waals surface area (Å²) < 4.78 is 5.05. The first kappa shape index (κ1) is 19.5. The Bertz CT molecular complexity index is 706. The van der Waals surface area contributed by atoms with Crippen molar-refractivity contribution in [1.82, 2.24) is 21.0 Å². The van der Waals surface area contributed by atoms with Gasteiger partial charge in [-0.3, -0.25) is 15.5 Å². The van der Waals surface area contributed by atoms with Crippen LogP contribution in [0.15, 0.2) is 35.4 Å². The smallest absolute Gasteiger partial charge is 0.409 e. The van der Waals surface area contributed by atoms with Crippen LogP contribution in [0.5, 0.6) is 0 Å². The summed E-state index contributed by atoms with van der Waals surface area (Å²) in [5.41, 5.74) is 4.19. The molecule has 8 nitrogen and oxygen atoms in total. The average molecular weight is 391 g/mol. The molecule has 0 radical (unpaired) electrons. The van der Waals surface area contributed by atoms with Crippen LogP contribution in [-0.4, -0.2) is 59.7 Å². The summed E-state index contributed by atoms with van der Waals surface area (Å²) in [5.74, 6) is -0.231. The van der Waals surface area contributed by atoms with E-state index in [9.17, 15) is 9.59 Å². The lowest BCUT2D eigenvalue weighted by molar-refractivity contribution is -0.117. The van der Waals surface area contributed by atoms with E-state index < -0.39 is 5.12 Å². The predicted molar refractivity (Wildman–Crippen MR) is 105 cm³/mol. The number of rotatable bonds is 5. The summed E-state index contributed by atoms with van der Waals surface area (Å²) in [6.07, 6.45) is 3.18. The van der Waals surface area contributed by atoms with Crippen LogP contribution >= 0.6 is 11.8 Å². The molecule has 1 aromatic carbocycles. The van der Waals surface area contributed by atoms with Crippen molar-refractivity contribution in [2.24, 2.45) is 5.10 Å². The Morgan fingerprint density at radius 3 is 2.67 bits per heavy atom. The summed E-state index contributed by atoms with van der Waals surface area (Å²) in [6.45, 7) is 3.42. The number of piperidine rings is 1. The Labute approximate surface area is 163 Å². The highest BCUT2D eigenvalue weighted by molar-refractivity contribution is 7.99. The van der Waals surface area contributed by atoms with Crippen LogP contribution in [0, 0.1) is 0 Å². The number of nitrogens with zero attached hydrogens (tertiary/aromatic N) is 2. The quantitative estimate of drug-likeness (QED) is 0.655. The lowest BCUT2D eigenvalue weighted by Gasteiger charge is -2.41. The number of nitrogens with one attached hydrogen (secondary N) is 3. The van der Waals surface area contributed by atoms with Crippen molar-refractivity contribution < 1.29 is 14.3 Å². The molecule has 2 aliphatic heterocycles. The van der Waals surface area contributed by atoms with Crippen molar-refractivity contribution >= 4 is 29.5 Å². The monoisotopic (exact) mass is 391 g/mol. The SMILES string of the molecule is CCOC(=O)N1CCC(N[C@]2(SC)NN=C(c3ccccc3)C(=O)N2)CC1. The largest absolute Gasteiger partial charge is 0.450 e. The van der Waals surface area contributed by atoms with E-state index in [2.05, 4.69) is 21.2 Å². The van der Waals surface area contributed by atoms with Gasteiger partial charge in [-0.1, -0.05) is 42.1 Å². The van der Waals surface area contributed by atoms with Gasteiger partial charge in [-0.05, 0) is 26.0 Å². The van der Waals surface area contributed by atoms with Crippen LogP contribution in [0.2, 0.25) is 0 Å². The number of hydrazone groups is 1. The second kappa shape index (κ2) is 8.62. The van der Waals surface area contributed by atoms with Gasteiger partial charge >= 0.3 is 6.09 Å². The first-order valence-electron chi connectivity index (χ1n) is 9.04. The Balaban J connectivity index is 1.62. The predicted octanol–water partition coefficient (Wildman–Crippen LogP) is 1.29. The zero-order valence-corrected chi connectivity index (χ0v) is 16.3. The van der Waals surface area contributed by atoms with E-state index >= 15 is 0 Å². The molecule has 0 saturated carbocycles. The van der Waals surface area contributed by atoms with Gasteiger partial charge in [-0.25, -0.2) is 4.79 Å². The number of ether oxygens (including phenoxy) is 1. The molecule has 27 heavy (non-hydrogen) atoms. The van der Waals surface area contributed by atoms with E-state index in [1.807, 2.05) is 36.6 Å². The number of carbonyl (C=O) groups excluding carboxylic acids is 2. The molecule has 0 unspecified atom stereocenters. The van der Waals surface area contributed by atoms with E-state index in [0.717, 1.165) is 18.4 Å². The fourth-order valence-corrected chi connectivity index (χ4v) is 3.77. The van der Waals surface area contributed by atoms with E-state index in [0.29, 0.717) is 25.4 Å². The summed E-state index contributed by atoms with van der Waals surface area (Å²) in [5, 5.41) is 9.90. The third-order valence-electron chi connectivity index (χ3n) is 4.61. The third kappa shape index (κ3) is 4.54. The minimum Gasteiger partial charge on any atom is -0.450 e. The molecule has 1 fully saturated rings. The van der Waals surface area contributed by atoms with Gasteiger partial charge in [0.1, 0.15) is 0 Å². The van der Waals surface area contributed by atoms with Gasteiger partial charge in [0.15, 0.2) is 5.71 Å². The zero-order valence-electron chi connectivity index (χ0n) is 15.5. The zero-order chi connectivity index (χ0) is 19.3. The average Bonchev–Trinajstić information content (AvgIpc) is 2.69. The van der Waals surface area contributed by atoms with Crippen molar-refractivity contribution in [3.8, 4) is 0 Å². The maximum atomic E-state index is 12.6. The second-order valence-corrected chi connectivity index (χ2v) is 7.40. The van der Waals surface area contributed by atoms with Crippen LogP contribution in [-0.2, 0) is 9.53 Å². The van der Waals surface area contributed by atoms with Gasteiger partial charge in [0.05, 0.1) is 6.61 Å². The fraction of sp³-hybridized carbons (Fsp3) is 0.500. The molecule has 2 amide bonds. The number of thioether (sulfide) groups is 1. The number of likely N-dealkylation sites (tertiary alicyclic amines) is 1. The second-order valence-electron chi connectivity index (χ2n) is 6.38. The molecular formula is C18H25N5O3S. The van der Waals surface area contributed by atoms with Gasteiger partial charge in [0, 0.05) is 24.7 Å². The molecule has 2 heterocycles. The summed E-state index contributed by atoms with van der Waals surface area (Å²) >= 11 is 1.44. The Morgan fingerprint density at radius 2 is 2.07 bits per heavy atom. The molecule has 2 aliphatic rings. The molecule has 1 aromatic rings. The van der Waals surface area contributed by atoms with Crippen LogP contribution in [0.1, 0.15) is 25.3 Å². The first-order valence-corrected chi connectivity index (χ1v) is 10.3. The van der Waals surface area contributed by atoms with Gasteiger partial charge < -0.3 is 15.0 Å². The highest BCUT2D eigenvalue weighted by Gasteiger charge is 2.39. The number of carbonyl (C=O) groups is 2. The molecule has 3 N–H and O–H groups in total. The van der Waals surface area contributed by atoms with E-state index in [1.54, 1.807) is 11.8 Å². The minimum atomic E-state index is -0.869. The van der Waals surface area contributed by atoms with Crippen LogP contribution in [0.4, 0.5) is 4.79 Å². The highest BCUT2D eigenvalue weighted by atomic mass is 32.2. The molecule has 1 saturated heterocycles. The number of hydrogen-bond acceptors (Lipinski definition) is 7. The Morgan fingerprint density at radius 1 is 1.37 bits per heavy atom. The lowest BCUT2D eigenvalue weighted by Crippen LogP contribution is -2.70. The maximum absolute atomic E-state index is 12.6. The van der Waals surface area contributed by atoms with Gasteiger partial charge in [0.2, 0.25) is 5.12 Å². The van der Waals surface area contributed by atoms with Crippen molar-refractivity contribution in [1.29, 1.82) is 0 Å². The molecule has 0 aromatic heterocycles. The maximum Gasteiger partial charge on any atom is 0.409 e.